The first-order valence-electron chi connectivity index (χ1n) is 11.4. The second-order valence-electron chi connectivity index (χ2n) is 8.68. The van der Waals surface area contributed by atoms with Crippen molar-refractivity contribution < 1.29 is 9.53 Å². The van der Waals surface area contributed by atoms with E-state index in [1.807, 2.05) is 39.8 Å². The molecule has 2 fully saturated rings. The fourth-order valence-corrected chi connectivity index (χ4v) is 4.29. The fourth-order valence-electron chi connectivity index (χ4n) is 4.29. The van der Waals surface area contributed by atoms with Crippen LogP contribution in [0.1, 0.15) is 25.5 Å². The van der Waals surface area contributed by atoms with E-state index in [4.69, 9.17) is 9.72 Å². The van der Waals surface area contributed by atoms with E-state index in [-0.39, 0.29) is 12.1 Å². The number of amides is 2. The molecule has 33 heavy (non-hydrogen) atoms. The van der Waals surface area contributed by atoms with E-state index in [2.05, 4.69) is 41.1 Å². The van der Waals surface area contributed by atoms with Gasteiger partial charge in [0, 0.05) is 44.5 Å². The Morgan fingerprint density at radius 3 is 2.48 bits per heavy atom. The zero-order valence-corrected chi connectivity index (χ0v) is 19.1. The van der Waals surface area contributed by atoms with Crippen LogP contribution in [0, 0.1) is 0 Å². The molecule has 1 aromatic carbocycles. The highest BCUT2D eigenvalue weighted by Crippen LogP contribution is 2.27. The summed E-state index contributed by atoms with van der Waals surface area (Å²) < 4.78 is 7.40. The largest absolute Gasteiger partial charge is 0.379 e. The Morgan fingerprint density at radius 2 is 1.73 bits per heavy atom. The van der Waals surface area contributed by atoms with Crippen LogP contribution < -0.4 is 9.80 Å². The third-order valence-electron chi connectivity index (χ3n) is 6.14. The maximum Gasteiger partial charge on any atom is 0.330 e. The minimum absolute atomic E-state index is 0.0640. The highest BCUT2D eigenvalue weighted by Gasteiger charge is 2.31. The Hall–Kier alpha value is -3.30. The van der Waals surface area contributed by atoms with E-state index in [1.54, 1.807) is 11.2 Å². The number of hydrogen-bond donors (Lipinski definition) is 0. The lowest BCUT2D eigenvalue weighted by molar-refractivity contribution is 0.0342. The van der Waals surface area contributed by atoms with Crippen molar-refractivity contribution in [3.05, 3.63) is 54.4 Å². The number of benzene rings is 1. The first-order chi connectivity index (χ1) is 16.1. The first kappa shape index (κ1) is 21.5. The van der Waals surface area contributed by atoms with Gasteiger partial charge in [0.25, 0.3) is 0 Å². The minimum atomic E-state index is -0.0640. The fraction of sp³-hybridized carbons (Fsp3) is 0.417. The zero-order chi connectivity index (χ0) is 22.8. The van der Waals surface area contributed by atoms with E-state index in [0.29, 0.717) is 30.4 Å². The monoisotopic (exact) mass is 447 g/mol. The third kappa shape index (κ3) is 4.46. The van der Waals surface area contributed by atoms with Crippen molar-refractivity contribution in [3.8, 4) is 11.5 Å². The van der Waals surface area contributed by atoms with Gasteiger partial charge in [0.1, 0.15) is 17.8 Å². The molecular weight excluding hydrogens is 418 g/mol. The molecule has 172 valence electrons. The molecule has 2 aliphatic heterocycles. The summed E-state index contributed by atoms with van der Waals surface area (Å²) in [6.07, 6.45) is 1.71. The maximum absolute atomic E-state index is 13.2. The molecule has 9 heteroatoms. The van der Waals surface area contributed by atoms with Crippen molar-refractivity contribution in [3.63, 3.8) is 0 Å². The van der Waals surface area contributed by atoms with Crippen LogP contribution in [0.3, 0.4) is 0 Å². The van der Waals surface area contributed by atoms with E-state index in [0.717, 1.165) is 38.5 Å². The molecule has 0 aliphatic carbocycles. The molecule has 0 saturated carbocycles. The van der Waals surface area contributed by atoms with Gasteiger partial charge in [-0.2, -0.15) is 0 Å². The minimum Gasteiger partial charge on any atom is -0.379 e. The molecule has 3 aromatic rings. The lowest BCUT2D eigenvalue weighted by Crippen LogP contribution is -2.35. The summed E-state index contributed by atoms with van der Waals surface area (Å²) in [5, 5.41) is 8.27. The van der Waals surface area contributed by atoms with Crippen molar-refractivity contribution in [1.82, 2.24) is 24.6 Å². The van der Waals surface area contributed by atoms with Crippen molar-refractivity contribution in [1.29, 1.82) is 0 Å². The molecule has 2 aliphatic rings. The lowest BCUT2D eigenvalue weighted by Gasteiger charge is -2.26. The summed E-state index contributed by atoms with van der Waals surface area (Å²) in [5.41, 5.74) is 2.86. The molecule has 0 N–H and O–H groups in total. The van der Waals surface area contributed by atoms with Gasteiger partial charge in [0.05, 0.1) is 13.2 Å². The van der Waals surface area contributed by atoms with Gasteiger partial charge in [-0.1, -0.05) is 18.2 Å². The van der Waals surface area contributed by atoms with Crippen molar-refractivity contribution in [2.45, 2.75) is 26.4 Å². The molecule has 4 heterocycles. The van der Waals surface area contributed by atoms with Gasteiger partial charge in [-0.25, -0.2) is 9.78 Å². The van der Waals surface area contributed by atoms with Gasteiger partial charge in [-0.3, -0.25) is 14.7 Å². The Morgan fingerprint density at radius 1 is 0.970 bits per heavy atom. The normalized spacial score (nSPS) is 17.4. The Balaban J connectivity index is 1.30. The number of carbonyl (C=O) groups is 1. The summed E-state index contributed by atoms with van der Waals surface area (Å²) >= 11 is 0. The number of urea groups is 1. The van der Waals surface area contributed by atoms with Gasteiger partial charge in [0.2, 0.25) is 0 Å². The summed E-state index contributed by atoms with van der Waals surface area (Å²) in [7, 11) is 0. The summed E-state index contributed by atoms with van der Waals surface area (Å²) in [6.45, 7) is 9.76. The van der Waals surface area contributed by atoms with E-state index >= 15 is 0 Å². The lowest BCUT2D eigenvalue weighted by atomic mass is 10.2. The second-order valence-corrected chi connectivity index (χ2v) is 8.68. The predicted octanol–water partition coefficient (Wildman–Crippen LogP) is 3.20. The Labute approximate surface area is 193 Å². The highest BCUT2D eigenvalue weighted by atomic mass is 16.5. The van der Waals surface area contributed by atoms with Crippen molar-refractivity contribution in [2.24, 2.45) is 0 Å². The van der Waals surface area contributed by atoms with Gasteiger partial charge in [0.15, 0.2) is 5.82 Å². The number of anilines is 2. The number of ether oxygens (including phenoxy) is 1. The molecule has 9 nitrogen and oxygen atoms in total. The predicted molar refractivity (Wildman–Crippen MR) is 126 cm³/mol. The van der Waals surface area contributed by atoms with Crippen molar-refractivity contribution in [2.75, 3.05) is 49.2 Å². The highest BCUT2D eigenvalue weighted by molar-refractivity contribution is 6.05. The molecule has 2 amide bonds. The molecule has 2 aromatic heterocycles. The molecule has 0 radical (unpaired) electrons. The number of pyridine rings is 1. The van der Waals surface area contributed by atoms with Crippen LogP contribution in [0.15, 0.2) is 48.8 Å². The SMILES string of the molecule is CC(C)n1cnnc1-c1cccc(N2CCN(c3ccc(CN4CCOCC4)cc3)C2=O)n1. The van der Waals surface area contributed by atoms with Crippen molar-refractivity contribution >= 4 is 17.5 Å². The van der Waals surface area contributed by atoms with E-state index in [1.165, 1.54) is 5.56 Å². The summed E-state index contributed by atoms with van der Waals surface area (Å²) in [4.78, 5) is 23.9. The molecule has 0 bridgehead atoms. The Kier molecular flexibility index (Phi) is 6.06. The number of carbonyl (C=O) groups excluding carboxylic acids is 1. The van der Waals surface area contributed by atoms with Gasteiger partial charge < -0.3 is 9.30 Å². The second kappa shape index (κ2) is 9.29. The smallest absolute Gasteiger partial charge is 0.330 e. The van der Waals surface area contributed by atoms with Gasteiger partial charge in [-0.15, -0.1) is 10.2 Å². The number of rotatable bonds is 6. The van der Waals surface area contributed by atoms with E-state index in [9.17, 15) is 4.79 Å². The topological polar surface area (TPSA) is 79.6 Å². The average molecular weight is 448 g/mol. The van der Waals surface area contributed by atoms with E-state index < -0.39 is 0 Å². The van der Waals surface area contributed by atoms with Crippen LogP contribution in [0.25, 0.3) is 11.5 Å². The summed E-state index contributed by atoms with van der Waals surface area (Å²) in [6, 6.07) is 14.1. The standard InChI is InChI=1S/C24H29N7O2/c1-18(2)31-17-25-27-23(31)21-4-3-5-22(26-21)30-11-10-29(24(30)32)20-8-6-19(7-9-20)16-28-12-14-33-15-13-28/h3-9,17-18H,10-16H2,1-2H3. The zero-order valence-electron chi connectivity index (χ0n) is 19.1. The van der Waals surface area contributed by atoms with Crippen LogP contribution in [0.4, 0.5) is 16.3 Å². The van der Waals surface area contributed by atoms with Crippen LogP contribution >= 0.6 is 0 Å². The molecule has 0 atom stereocenters. The first-order valence-corrected chi connectivity index (χ1v) is 11.4. The van der Waals surface area contributed by atoms with Gasteiger partial charge in [-0.05, 0) is 43.7 Å². The maximum atomic E-state index is 13.2. The third-order valence-corrected chi connectivity index (χ3v) is 6.14. The number of hydrogen-bond acceptors (Lipinski definition) is 6. The average Bonchev–Trinajstić information content (AvgIpc) is 3.48. The van der Waals surface area contributed by atoms with Crippen LogP contribution in [0.5, 0.6) is 0 Å². The number of aromatic nitrogens is 4. The van der Waals surface area contributed by atoms with Gasteiger partial charge >= 0.3 is 6.03 Å². The van der Waals surface area contributed by atoms with Crippen LogP contribution in [-0.4, -0.2) is 70.1 Å². The van der Waals surface area contributed by atoms with Crippen LogP contribution in [0.2, 0.25) is 0 Å². The number of nitrogens with zero attached hydrogens (tertiary/aromatic N) is 7. The molecule has 0 unspecified atom stereocenters. The molecule has 2 saturated heterocycles. The summed E-state index contributed by atoms with van der Waals surface area (Å²) in [5.74, 6) is 1.33. The molecular formula is C24H29N7O2. The molecule has 0 spiro atoms. The number of morpholine rings is 1. The van der Waals surface area contributed by atoms with Crippen LogP contribution in [-0.2, 0) is 11.3 Å². The Bertz CT molecular complexity index is 1110. The molecule has 5 rings (SSSR count). The quantitative estimate of drug-likeness (QED) is 0.577.